The highest BCUT2D eigenvalue weighted by Crippen LogP contribution is 2.39. The van der Waals surface area contributed by atoms with Crippen LogP contribution < -0.4 is 10.6 Å². The number of benzene rings is 1. The van der Waals surface area contributed by atoms with Crippen molar-refractivity contribution in [3.05, 3.63) is 34.9 Å². The van der Waals surface area contributed by atoms with Crippen LogP contribution in [-0.4, -0.2) is 59.7 Å². The predicted octanol–water partition coefficient (Wildman–Crippen LogP) is 1.02. The van der Waals surface area contributed by atoms with Crippen molar-refractivity contribution in [1.29, 1.82) is 0 Å². The van der Waals surface area contributed by atoms with E-state index in [2.05, 4.69) is 21.6 Å². The van der Waals surface area contributed by atoms with Gasteiger partial charge in [0, 0.05) is 31.6 Å². The highest BCUT2D eigenvalue weighted by atomic mass is 16.2. The van der Waals surface area contributed by atoms with E-state index in [1.807, 2.05) is 12.1 Å². The van der Waals surface area contributed by atoms with Gasteiger partial charge in [0.05, 0.1) is 0 Å². The molecule has 3 amide bonds. The molecule has 1 atom stereocenters. The lowest BCUT2D eigenvalue weighted by Gasteiger charge is -2.34. The highest BCUT2D eigenvalue weighted by Gasteiger charge is 2.40. The summed E-state index contributed by atoms with van der Waals surface area (Å²) in [6.07, 6.45) is 4.47. The Labute approximate surface area is 170 Å². The van der Waals surface area contributed by atoms with Crippen molar-refractivity contribution in [3.63, 3.8) is 0 Å². The molecule has 1 aromatic rings. The van der Waals surface area contributed by atoms with Gasteiger partial charge < -0.3 is 10.2 Å². The quantitative estimate of drug-likeness (QED) is 0.746. The number of amides is 3. The molecule has 5 rings (SSSR count). The second-order valence-electron chi connectivity index (χ2n) is 9.10. The lowest BCUT2D eigenvalue weighted by Crippen LogP contribution is -2.52. The minimum absolute atomic E-state index is 0.0902. The highest BCUT2D eigenvalue weighted by molar-refractivity contribution is 6.05. The molecule has 3 saturated heterocycles. The van der Waals surface area contributed by atoms with Crippen LogP contribution in [0.2, 0.25) is 0 Å². The second-order valence-corrected chi connectivity index (χ2v) is 9.10. The molecule has 0 saturated carbocycles. The monoisotopic (exact) mass is 396 g/mol. The maximum atomic E-state index is 13.0. The summed E-state index contributed by atoms with van der Waals surface area (Å²) in [7, 11) is 0. The summed E-state index contributed by atoms with van der Waals surface area (Å²) in [5.41, 5.74) is 3.32. The molecule has 4 aliphatic rings. The molecule has 0 radical (unpaired) electrons. The molecule has 154 valence electrons. The average molecular weight is 396 g/mol. The Morgan fingerprint density at radius 1 is 1.10 bits per heavy atom. The van der Waals surface area contributed by atoms with E-state index >= 15 is 0 Å². The van der Waals surface area contributed by atoms with Crippen molar-refractivity contribution in [2.75, 3.05) is 26.2 Å². The maximum Gasteiger partial charge on any atom is 0.255 e. The van der Waals surface area contributed by atoms with E-state index in [1.54, 1.807) is 4.90 Å². The Balaban J connectivity index is 1.27. The molecule has 0 aromatic heterocycles. The fourth-order valence-electron chi connectivity index (χ4n) is 5.49. The summed E-state index contributed by atoms with van der Waals surface area (Å²) in [5, 5.41) is 5.82. The van der Waals surface area contributed by atoms with Crippen molar-refractivity contribution in [1.82, 2.24) is 20.4 Å². The third-order valence-corrected chi connectivity index (χ3v) is 7.18. The van der Waals surface area contributed by atoms with E-state index in [4.69, 9.17) is 0 Å². The zero-order valence-electron chi connectivity index (χ0n) is 16.7. The van der Waals surface area contributed by atoms with Gasteiger partial charge in [-0.15, -0.1) is 0 Å². The van der Waals surface area contributed by atoms with Crippen LogP contribution in [0.3, 0.4) is 0 Å². The van der Waals surface area contributed by atoms with Gasteiger partial charge in [-0.2, -0.15) is 0 Å². The molecule has 1 spiro atoms. The van der Waals surface area contributed by atoms with Crippen LogP contribution in [0.5, 0.6) is 0 Å². The predicted molar refractivity (Wildman–Crippen MR) is 107 cm³/mol. The zero-order valence-corrected chi connectivity index (χ0v) is 16.7. The van der Waals surface area contributed by atoms with Crippen LogP contribution in [0, 0.1) is 5.41 Å². The van der Waals surface area contributed by atoms with Gasteiger partial charge in [-0.05, 0) is 67.9 Å². The molecule has 7 nitrogen and oxygen atoms in total. The number of rotatable bonds is 3. The van der Waals surface area contributed by atoms with Crippen LogP contribution in [0.1, 0.15) is 53.6 Å². The lowest BCUT2D eigenvalue weighted by molar-refractivity contribution is -0.136. The first-order chi connectivity index (χ1) is 14.0. The molecule has 3 fully saturated rings. The summed E-state index contributed by atoms with van der Waals surface area (Å²) < 4.78 is 0. The Hall–Kier alpha value is -2.25. The molecular formula is C22H28N4O3. The van der Waals surface area contributed by atoms with E-state index in [0.717, 1.165) is 43.9 Å². The summed E-state index contributed by atoms with van der Waals surface area (Å²) in [5.74, 6) is -0.700. The first kappa shape index (κ1) is 18.8. The first-order valence-corrected chi connectivity index (χ1v) is 10.7. The van der Waals surface area contributed by atoms with Gasteiger partial charge in [0.15, 0.2) is 0 Å². The largest absolute Gasteiger partial charge is 0.322 e. The third-order valence-electron chi connectivity index (χ3n) is 7.18. The Kier molecular flexibility index (Phi) is 4.67. The second kappa shape index (κ2) is 7.22. The fraction of sp³-hybridized carbons (Fsp3) is 0.591. The van der Waals surface area contributed by atoms with Gasteiger partial charge in [0.2, 0.25) is 11.8 Å². The zero-order chi connectivity index (χ0) is 20.0. The Morgan fingerprint density at radius 2 is 1.93 bits per heavy atom. The maximum absolute atomic E-state index is 13.0. The average Bonchev–Trinajstić information content (AvgIpc) is 3.24. The molecule has 0 aliphatic carbocycles. The standard InChI is InChI=1S/C22H28N4O3/c27-19-4-3-18(20(28)24-19)26-13-16-2-1-15(11-17(16)21(26)29)12-25-10-7-22(14-25)5-8-23-9-6-22/h1-2,11,18,23H,3-10,12-14H2,(H,24,27,28). The smallest absolute Gasteiger partial charge is 0.255 e. The van der Waals surface area contributed by atoms with E-state index < -0.39 is 6.04 Å². The molecular weight excluding hydrogens is 368 g/mol. The number of carbonyl (C=O) groups is 3. The van der Waals surface area contributed by atoms with Crippen LogP contribution in [0.25, 0.3) is 0 Å². The molecule has 29 heavy (non-hydrogen) atoms. The van der Waals surface area contributed by atoms with E-state index in [-0.39, 0.29) is 24.1 Å². The Bertz CT molecular complexity index is 862. The van der Waals surface area contributed by atoms with Gasteiger partial charge >= 0.3 is 0 Å². The van der Waals surface area contributed by atoms with Crippen LogP contribution >= 0.6 is 0 Å². The number of likely N-dealkylation sites (tertiary alicyclic amines) is 1. The van der Waals surface area contributed by atoms with Gasteiger partial charge in [-0.1, -0.05) is 12.1 Å². The molecule has 1 unspecified atom stereocenters. The number of imide groups is 1. The molecule has 0 bridgehead atoms. The number of hydrogen-bond donors (Lipinski definition) is 2. The fourth-order valence-corrected chi connectivity index (χ4v) is 5.49. The van der Waals surface area contributed by atoms with E-state index in [9.17, 15) is 14.4 Å². The van der Waals surface area contributed by atoms with Gasteiger partial charge in [0.25, 0.3) is 5.91 Å². The van der Waals surface area contributed by atoms with Gasteiger partial charge in [-0.25, -0.2) is 0 Å². The van der Waals surface area contributed by atoms with Crippen molar-refractivity contribution in [2.24, 2.45) is 5.41 Å². The third kappa shape index (κ3) is 3.46. The van der Waals surface area contributed by atoms with Crippen molar-refractivity contribution in [3.8, 4) is 0 Å². The van der Waals surface area contributed by atoms with E-state index in [1.165, 1.54) is 19.3 Å². The van der Waals surface area contributed by atoms with Crippen LogP contribution in [0.15, 0.2) is 18.2 Å². The number of nitrogens with one attached hydrogen (secondary N) is 2. The van der Waals surface area contributed by atoms with Gasteiger partial charge in [0.1, 0.15) is 6.04 Å². The molecule has 2 N–H and O–H groups in total. The SMILES string of the molecule is O=C1CCC(N2Cc3ccc(CN4CCC5(CCNCC5)C4)cc3C2=O)C(=O)N1. The summed E-state index contributed by atoms with van der Waals surface area (Å²) in [6, 6.07) is 5.62. The minimum atomic E-state index is -0.547. The number of nitrogens with zero attached hydrogens (tertiary/aromatic N) is 2. The van der Waals surface area contributed by atoms with Crippen molar-refractivity contribution < 1.29 is 14.4 Å². The van der Waals surface area contributed by atoms with Gasteiger partial charge in [-0.3, -0.25) is 24.6 Å². The van der Waals surface area contributed by atoms with Crippen molar-refractivity contribution in [2.45, 2.75) is 51.2 Å². The normalized spacial score (nSPS) is 26.8. The number of piperidine rings is 2. The molecule has 7 heteroatoms. The molecule has 4 heterocycles. The van der Waals surface area contributed by atoms with Crippen LogP contribution in [0.4, 0.5) is 0 Å². The number of hydrogen-bond acceptors (Lipinski definition) is 5. The lowest BCUT2D eigenvalue weighted by atomic mass is 9.78. The topological polar surface area (TPSA) is 81.8 Å². The van der Waals surface area contributed by atoms with Crippen LogP contribution in [-0.2, 0) is 22.7 Å². The summed E-state index contributed by atoms with van der Waals surface area (Å²) in [6.45, 7) is 5.82. The van der Waals surface area contributed by atoms with Crippen molar-refractivity contribution >= 4 is 17.7 Å². The number of fused-ring (bicyclic) bond motifs is 1. The summed E-state index contributed by atoms with van der Waals surface area (Å²) >= 11 is 0. The summed E-state index contributed by atoms with van der Waals surface area (Å²) in [4.78, 5) is 40.7. The first-order valence-electron chi connectivity index (χ1n) is 10.7. The minimum Gasteiger partial charge on any atom is -0.322 e. The van der Waals surface area contributed by atoms with E-state index in [0.29, 0.717) is 23.9 Å². The molecule has 1 aromatic carbocycles. The number of carbonyl (C=O) groups excluding carboxylic acids is 3. The Morgan fingerprint density at radius 3 is 2.72 bits per heavy atom. The molecule has 4 aliphatic heterocycles.